The molecule has 0 aliphatic rings. The van der Waals surface area contributed by atoms with Crippen LogP contribution < -0.4 is 0 Å². The van der Waals surface area contributed by atoms with Crippen LogP contribution in [0.3, 0.4) is 0 Å². The maximum atomic E-state index is 10.7. The van der Waals surface area contributed by atoms with Crippen LogP contribution in [-0.4, -0.2) is 28.6 Å². The molecule has 0 bridgehead atoms. The molecule has 0 radical (unpaired) electrons. The Morgan fingerprint density at radius 1 is 1.14 bits per heavy atom. The van der Waals surface area contributed by atoms with E-state index in [0.717, 1.165) is 13.0 Å². The number of aliphatic carboxylic acids is 1. The fourth-order valence-electron chi connectivity index (χ4n) is 2.77. The Morgan fingerprint density at radius 3 is 2.24 bits per heavy atom. The van der Waals surface area contributed by atoms with Crippen LogP contribution >= 0.6 is 0 Å². The molecule has 0 aliphatic heterocycles. The average Bonchev–Trinajstić information content (AvgIpc) is 2.41. The van der Waals surface area contributed by atoms with Gasteiger partial charge in [-0.15, -0.1) is 0 Å². The molecule has 1 aromatic rings. The van der Waals surface area contributed by atoms with Crippen molar-refractivity contribution in [3.05, 3.63) is 35.9 Å². The Labute approximate surface area is 129 Å². The lowest BCUT2D eigenvalue weighted by atomic mass is 9.94. The van der Waals surface area contributed by atoms with Crippen LogP contribution in [-0.2, 0) is 4.79 Å². The number of hydrogen-bond donors (Lipinski definition) is 1. The predicted octanol–water partition coefficient (Wildman–Crippen LogP) is 4.35. The maximum Gasteiger partial charge on any atom is 0.303 e. The van der Waals surface area contributed by atoms with Gasteiger partial charge in [-0.1, -0.05) is 44.2 Å². The van der Waals surface area contributed by atoms with Crippen molar-refractivity contribution in [2.75, 3.05) is 6.54 Å². The Bertz CT molecular complexity index is 414. The van der Waals surface area contributed by atoms with Gasteiger partial charge in [0, 0.05) is 18.5 Å². The molecule has 0 aliphatic carbocycles. The molecule has 0 spiro atoms. The predicted molar refractivity (Wildman–Crippen MR) is 87.3 cm³/mol. The summed E-state index contributed by atoms with van der Waals surface area (Å²) in [5, 5.41) is 8.85. The standard InChI is InChI=1S/C18H29NO2/c1-14(2)13-17(16-9-6-5-7-10-16)19(15(3)4)12-8-11-18(20)21/h5-7,9-10,14-15,17H,8,11-13H2,1-4H3,(H,20,21). The first-order valence-corrected chi connectivity index (χ1v) is 7.94. The fourth-order valence-corrected chi connectivity index (χ4v) is 2.77. The number of benzene rings is 1. The molecule has 3 nitrogen and oxygen atoms in total. The maximum absolute atomic E-state index is 10.7. The van der Waals surface area contributed by atoms with Crippen molar-refractivity contribution in [1.29, 1.82) is 0 Å². The molecule has 1 unspecified atom stereocenters. The highest BCUT2D eigenvalue weighted by atomic mass is 16.4. The lowest BCUT2D eigenvalue weighted by molar-refractivity contribution is -0.137. The third-order valence-corrected chi connectivity index (χ3v) is 3.75. The number of carboxylic acid groups (broad SMARTS) is 1. The van der Waals surface area contributed by atoms with Gasteiger partial charge in [-0.2, -0.15) is 0 Å². The van der Waals surface area contributed by atoms with Crippen LogP contribution in [0.2, 0.25) is 0 Å². The zero-order valence-electron chi connectivity index (χ0n) is 13.7. The number of nitrogens with zero attached hydrogens (tertiary/aromatic N) is 1. The van der Waals surface area contributed by atoms with E-state index in [1.54, 1.807) is 0 Å². The third kappa shape index (κ3) is 6.30. The van der Waals surface area contributed by atoms with E-state index in [1.165, 1.54) is 5.56 Å². The van der Waals surface area contributed by atoms with Gasteiger partial charge in [0.2, 0.25) is 0 Å². The largest absolute Gasteiger partial charge is 0.481 e. The van der Waals surface area contributed by atoms with E-state index < -0.39 is 5.97 Å². The summed E-state index contributed by atoms with van der Waals surface area (Å²) in [5.74, 6) is -0.102. The summed E-state index contributed by atoms with van der Waals surface area (Å²) >= 11 is 0. The first kappa shape index (κ1) is 17.7. The molecule has 1 rings (SSSR count). The van der Waals surface area contributed by atoms with Gasteiger partial charge < -0.3 is 5.11 Å². The van der Waals surface area contributed by atoms with Crippen LogP contribution in [0.1, 0.15) is 58.6 Å². The Morgan fingerprint density at radius 2 is 1.76 bits per heavy atom. The number of carboxylic acids is 1. The molecule has 0 heterocycles. The van der Waals surface area contributed by atoms with Gasteiger partial charge in [0.1, 0.15) is 0 Å². The van der Waals surface area contributed by atoms with E-state index in [1.807, 2.05) is 6.07 Å². The van der Waals surface area contributed by atoms with Gasteiger partial charge in [0.05, 0.1) is 0 Å². The molecule has 0 saturated carbocycles. The molecule has 21 heavy (non-hydrogen) atoms. The molecule has 0 amide bonds. The molecule has 118 valence electrons. The van der Waals surface area contributed by atoms with Crippen LogP contribution in [0.5, 0.6) is 0 Å². The quantitative estimate of drug-likeness (QED) is 0.735. The molecule has 0 fully saturated rings. The smallest absolute Gasteiger partial charge is 0.303 e. The minimum absolute atomic E-state index is 0.242. The van der Waals surface area contributed by atoms with E-state index in [-0.39, 0.29) is 6.42 Å². The van der Waals surface area contributed by atoms with Crippen LogP contribution in [0.4, 0.5) is 0 Å². The second-order valence-electron chi connectivity index (χ2n) is 6.38. The van der Waals surface area contributed by atoms with Gasteiger partial charge in [-0.3, -0.25) is 9.69 Å². The van der Waals surface area contributed by atoms with E-state index in [2.05, 4.69) is 56.9 Å². The average molecular weight is 291 g/mol. The van der Waals surface area contributed by atoms with Gasteiger partial charge in [-0.05, 0) is 44.7 Å². The second kappa shape index (κ2) is 8.83. The molecule has 0 aromatic heterocycles. The van der Waals surface area contributed by atoms with Crippen molar-refractivity contribution < 1.29 is 9.90 Å². The molecule has 0 saturated heterocycles. The lowest BCUT2D eigenvalue weighted by Crippen LogP contribution is -2.36. The van der Waals surface area contributed by atoms with E-state index >= 15 is 0 Å². The van der Waals surface area contributed by atoms with Crippen molar-refractivity contribution in [2.45, 2.75) is 59.0 Å². The first-order valence-electron chi connectivity index (χ1n) is 7.94. The highest BCUT2D eigenvalue weighted by molar-refractivity contribution is 5.66. The van der Waals surface area contributed by atoms with Crippen LogP contribution in [0.15, 0.2) is 30.3 Å². The minimum atomic E-state index is -0.709. The highest BCUT2D eigenvalue weighted by Gasteiger charge is 2.23. The molecule has 1 atom stereocenters. The van der Waals surface area contributed by atoms with Crippen LogP contribution in [0.25, 0.3) is 0 Å². The van der Waals surface area contributed by atoms with Crippen molar-refractivity contribution in [3.8, 4) is 0 Å². The van der Waals surface area contributed by atoms with Gasteiger partial charge >= 0.3 is 5.97 Å². The normalized spacial score (nSPS) is 13.1. The summed E-state index contributed by atoms with van der Waals surface area (Å²) in [6, 6.07) is 11.3. The van der Waals surface area contributed by atoms with E-state index in [4.69, 9.17) is 5.11 Å². The molecular weight excluding hydrogens is 262 g/mol. The summed E-state index contributed by atoms with van der Waals surface area (Å²) < 4.78 is 0. The van der Waals surface area contributed by atoms with Gasteiger partial charge in [0.15, 0.2) is 0 Å². The second-order valence-corrected chi connectivity index (χ2v) is 6.38. The molecule has 1 N–H and O–H groups in total. The SMILES string of the molecule is CC(C)CC(c1ccccc1)N(CCCC(=O)O)C(C)C. The van der Waals surface area contributed by atoms with E-state index in [9.17, 15) is 4.79 Å². The monoisotopic (exact) mass is 291 g/mol. The molecule has 3 heteroatoms. The zero-order valence-corrected chi connectivity index (χ0v) is 13.7. The molecular formula is C18H29NO2. The van der Waals surface area contributed by atoms with Crippen molar-refractivity contribution in [1.82, 2.24) is 4.90 Å². The zero-order chi connectivity index (χ0) is 15.8. The highest BCUT2D eigenvalue weighted by Crippen LogP contribution is 2.29. The number of carbonyl (C=O) groups is 1. The summed E-state index contributed by atoms with van der Waals surface area (Å²) in [4.78, 5) is 13.2. The van der Waals surface area contributed by atoms with Gasteiger partial charge in [-0.25, -0.2) is 0 Å². The summed E-state index contributed by atoms with van der Waals surface area (Å²) in [5.41, 5.74) is 1.33. The van der Waals surface area contributed by atoms with E-state index in [0.29, 0.717) is 24.4 Å². The molecule has 1 aromatic carbocycles. The van der Waals surface area contributed by atoms with Crippen molar-refractivity contribution in [3.63, 3.8) is 0 Å². The fraction of sp³-hybridized carbons (Fsp3) is 0.611. The number of rotatable bonds is 9. The Hall–Kier alpha value is -1.35. The Balaban J connectivity index is 2.87. The minimum Gasteiger partial charge on any atom is -0.481 e. The van der Waals surface area contributed by atoms with Crippen molar-refractivity contribution >= 4 is 5.97 Å². The van der Waals surface area contributed by atoms with Crippen LogP contribution in [0, 0.1) is 5.92 Å². The van der Waals surface area contributed by atoms with Gasteiger partial charge in [0.25, 0.3) is 0 Å². The van der Waals surface area contributed by atoms with Crippen molar-refractivity contribution in [2.24, 2.45) is 5.92 Å². The summed E-state index contributed by atoms with van der Waals surface area (Å²) in [6.07, 6.45) is 2.04. The lowest BCUT2D eigenvalue weighted by Gasteiger charge is -2.36. The topological polar surface area (TPSA) is 40.5 Å². The Kier molecular flexibility index (Phi) is 7.44. The first-order chi connectivity index (χ1) is 9.91. The summed E-state index contributed by atoms with van der Waals surface area (Å²) in [7, 11) is 0. The number of hydrogen-bond acceptors (Lipinski definition) is 2. The summed E-state index contributed by atoms with van der Waals surface area (Å²) in [6.45, 7) is 9.70. The third-order valence-electron chi connectivity index (χ3n) is 3.75.